The van der Waals surface area contributed by atoms with E-state index in [0.717, 1.165) is 10.0 Å². The molecule has 116 valence electrons. The molecule has 0 atom stereocenters. The van der Waals surface area contributed by atoms with Crippen LogP contribution in [0.15, 0.2) is 64.2 Å². The molecule has 2 rings (SSSR count). The molecule has 0 bridgehead atoms. The molecule has 0 saturated carbocycles. The van der Waals surface area contributed by atoms with E-state index >= 15 is 0 Å². The van der Waals surface area contributed by atoms with Gasteiger partial charge in [-0.1, -0.05) is 22.0 Å². The minimum Gasteiger partial charge on any atom is -0.267 e. The molecule has 7 heteroatoms. The van der Waals surface area contributed by atoms with Gasteiger partial charge in [0.05, 0.1) is 4.92 Å². The van der Waals surface area contributed by atoms with Crippen LogP contribution in [0.1, 0.15) is 15.9 Å². The van der Waals surface area contributed by atoms with E-state index in [4.69, 9.17) is 0 Å². The highest BCUT2D eigenvalue weighted by molar-refractivity contribution is 9.10. The van der Waals surface area contributed by atoms with E-state index in [9.17, 15) is 14.9 Å². The van der Waals surface area contributed by atoms with Crippen LogP contribution in [0.5, 0.6) is 0 Å². The van der Waals surface area contributed by atoms with Crippen molar-refractivity contribution < 1.29 is 9.72 Å². The fourth-order valence-corrected chi connectivity index (χ4v) is 1.93. The number of non-ortho nitro benzene ring substituents is 1. The van der Waals surface area contributed by atoms with Gasteiger partial charge >= 0.3 is 0 Å². The van der Waals surface area contributed by atoms with E-state index in [1.165, 1.54) is 18.3 Å². The molecule has 0 saturated heterocycles. The summed E-state index contributed by atoms with van der Waals surface area (Å²) in [4.78, 5) is 21.8. The summed E-state index contributed by atoms with van der Waals surface area (Å²) < 4.78 is 0.892. The van der Waals surface area contributed by atoms with Gasteiger partial charge in [0.15, 0.2) is 0 Å². The summed E-state index contributed by atoms with van der Waals surface area (Å²) in [5, 5.41) is 14.3. The molecule has 1 amide bonds. The van der Waals surface area contributed by atoms with Crippen LogP contribution in [0.25, 0.3) is 6.08 Å². The third-order valence-electron chi connectivity index (χ3n) is 2.83. The maximum Gasteiger partial charge on any atom is 0.271 e. The Morgan fingerprint density at radius 3 is 2.39 bits per heavy atom. The fourth-order valence-electron chi connectivity index (χ4n) is 1.67. The molecule has 0 aromatic heterocycles. The van der Waals surface area contributed by atoms with Crippen molar-refractivity contribution in [3.8, 4) is 0 Å². The number of nitro benzene ring substituents is 1. The van der Waals surface area contributed by atoms with E-state index in [1.807, 2.05) is 0 Å². The van der Waals surface area contributed by atoms with Crippen molar-refractivity contribution in [1.82, 2.24) is 5.43 Å². The Hall–Kier alpha value is -2.80. The van der Waals surface area contributed by atoms with Crippen molar-refractivity contribution >= 4 is 39.8 Å². The number of halogens is 1. The Balaban J connectivity index is 1.87. The van der Waals surface area contributed by atoms with Crippen LogP contribution in [0.3, 0.4) is 0 Å². The van der Waals surface area contributed by atoms with Crippen LogP contribution in [0.2, 0.25) is 0 Å². The Morgan fingerprint density at radius 2 is 1.78 bits per heavy atom. The number of allylic oxidation sites excluding steroid dienone is 1. The SMILES string of the molecule is O=C(NN=CC=Cc1ccc([N+](=O)[O-])cc1)c1ccc(Br)cc1. The zero-order valence-electron chi connectivity index (χ0n) is 11.8. The minimum absolute atomic E-state index is 0.0394. The molecule has 0 aliphatic carbocycles. The van der Waals surface area contributed by atoms with Crippen LogP contribution in [-0.2, 0) is 0 Å². The molecule has 0 radical (unpaired) electrons. The first-order valence-corrected chi connectivity index (χ1v) is 7.35. The third kappa shape index (κ3) is 5.15. The average molecular weight is 374 g/mol. The first-order chi connectivity index (χ1) is 11.1. The second-order valence-electron chi connectivity index (χ2n) is 4.43. The zero-order valence-corrected chi connectivity index (χ0v) is 13.4. The summed E-state index contributed by atoms with van der Waals surface area (Å²) in [6.07, 6.45) is 4.78. The molecule has 2 aromatic rings. The lowest BCUT2D eigenvalue weighted by molar-refractivity contribution is -0.384. The lowest BCUT2D eigenvalue weighted by Gasteiger charge is -1.98. The quantitative estimate of drug-likeness (QED) is 0.491. The number of carbonyl (C=O) groups is 1. The van der Waals surface area contributed by atoms with Crippen LogP contribution in [-0.4, -0.2) is 17.0 Å². The van der Waals surface area contributed by atoms with Gasteiger partial charge in [0, 0.05) is 28.4 Å². The number of hydrogen-bond acceptors (Lipinski definition) is 4. The minimum atomic E-state index is -0.452. The van der Waals surface area contributed by atoms with Gasteiger partial charge in [-0.2, -0.15) is 5.10 Å². The smallest absolute Gasteiger partial charge is 0.267 e. The van der Waals surface area contributed by atoms with Gasteiger partial charge in [0.1, 0.15) is 0 Å². The van der Waals surface area contributed by atoms with Crippen molar-refractivity contribution in [2.24, 2.45) is 5.10 Å². The molecule has 1 N–H and O–H groups in total. The van der Waals surface area contributed by atoms with E-state index < -0.39 is 4.92 Å². The second kappa shape index (κ2) is 8.00. The molecular weight excluding hydrogens is 362 g/mol. The van der Waals surface area contributed by atoms with Gasteiger partial charge in [0.25, 0.3) is 11.6 Å². The topological polar surface area (TPSA) is 84.6 Å². The number of hydrogen-bond donors (Lipinski definition) is 1. The molecule has 23 heavy (non-hydrogen) atoms. The summed E-state index contributed by atoms with van der Waals surface area (Å²) >= 11 is 3.29. The van der Waals surface area contributed by atoms with E-state index in [2.05, 4.69) is 26.5 Å². The Labute approximate surface area is 140 Å². The largest absolute Gasteiger partial charge is 0.271 e. The summed E-state index contributed by atoms with van der Waals surface area (Å²) in [5.41, 5.74) is 3.74. The molecule has 0 aliphatic heterocycles. The number of rotatable bonds is 5. The average Bonchev–Trinajstić information content (AvgIpc) is 2.55. The Morgan fingerprint density at radius 1 is 1.13 bits per heavy atom. The van der Waals surface area contributed by atoms with Gasteiger partial charge in [-0.15, -0.1) is 0 Å². The third-order valence-corrected chi connectivity index (χ3v) is 3.35. The number of benzene rings is 2. The lowest BCUT2D eigenvalue weighted by Crippen LogP contribution is -2.17. The summed E-state index contributed by atoms with van der Waals surface area (Å²) in [5.74, 6) is -0.308. The monoisotopic (exact) mass is 373 g/mol. The second-order valence-corrected chi connectivity index (χ2v) is 5.35. The molecule has 0 aliphatic rings. The Kier molecular flexibility index (Phi) is 5.76. The van der Waals surface area contributed by atoms with Gasteiger partial charge in [0.2, 0.25) is 0 Å². The number of amides is 1. The van der Waals surface area contributed by atoms with Crippen molar-refractivity contribution in [3.63, 3.8) is 0 Å². The van der Waals surface area contributed by atoms with Crippen LogP contribution >= 0.6 is 15.9 Å². The standard InChI is InChI=1S/C16H12BrN3O3/c17-14-7-5-13(6-8-14)16(21)19-18-11-1-2-12-3-9-15(10-4-12)20(22)23/h1-11H,(H,19,21). The fraction of sp³-hybridized carbons (Fsp3) is 0. The van der Waals surface area contributed by atoms with E-state index in [1.54, 1.807) is 48.6 Å². The van der Waals surface area contributed by atoms with E-state index in [-0.39, 0.29) is 11.6 Å². The molecule has 0 heterocycles. The normalized spacial score (nSPS) is 11.0. The van der Waals surface area contributed by atoms with E-state index in [0.29, 0.717) is 5.56 Å². The maximum absolute atomic E-state index is 11.8. The number of hydrazone groups is 1. The van der Waals surface area contributed by atoms with Crippen molar-refractivity contribution in [2.45, 2.75) is 0 Å². The highest BCUT2D eigenvalue weighted by atomic mass is 79.9. The van der Waals surface area contributed by atoms with Gasteiger partial charge in [-0.25, -0.2) is 5.43 Å². The molecule has 0 unspecified atom stereocenters. The lowest BCUT2D eigenvalue weighted by atomic mass is 10.2. The number of nitro groups is 1. The summed E-state index contributed by atoms with van der Waals surface area (Å²) in [7, 11) is 0. The molecule has 6 nitrogen and oxygen atoms in total. The molecular formula is C16H12BrN3O3. The number of carbonyl (C=O) groups excluding carboxylic acids is 1. The summed E-state index contributed by atoms with van der Waals surface area (Å²) in [6.45, 7) is 0. The molecule has 2 aromatic carbocycles. The predicted octanol–water partition coefficient (Wildman–Crippen LogP) is 3.79. The van der Waals surface area contributed by atoms with Crippen molar-refractivity contribution in [3.05, 3.63) is 80.3 Å². The molecule has 0 spiro atoms. The van der Waals surface area contributed by atoms with Gasteiger partial charge in [-0.05, 0) is 48.0 Å². The van der Waals surface area contributed by atoms with Gasteiger partial charge in [-0.3, -0.25) is 14.9 Å². The van der Waals surface area contributed by atoms with Crippen molar-refractivity contribution in [2.75, 3.05) is 0 Å². The predicted molar refractivity (Wildman–Crippen MR) is 92.2 cm³/mol. The van der Waals surface area contributed by atoms with Gasteiger partial charge < -0.3 is 0 Å². The van der Waals surface area contributed by atoms with Crippen LogP contribution < -0.4 is 5.43 Å². The van der Waals surface area contributed by atoms with Crippen molar-refractivity contribution in [1.29, 1.82) is 0 Å². The highest BCUT2D eigenvalue weighted by Crippen LogP contribution is 2.12. The van der Waals surface area contributed by atoms with Crippen LogP contribution in [0.4, 0.5) is 5.69 Å². The molecule has 0 fully saturated rings. The van der Waals surface area contributed by atoms with Crippen LogP contribution in [0, 0.1) is 10.1 Å². The number of nitrogens with zero attached hydrogens (tertiary/aromatic N) is 2. The first kappa shape index (κ1) is 16.6. The highest BCUT2D eigenvalue weighted by Gasteiger charge is 2.03. The maximum atomic E-state index is 11.8. The zero-order chi connectivity index (χ0) is 16.7. The Bertz CT molecular complexity index is 753. The summed E-state index contributed by atoms with van der Waals surface area (Å²) in [6, 6.07) is 13.0. The number of nitrogens with one attached hydrogen (secondary N) is 1. The first-order valence-electron chi connectivity index (χ1n) is 6.56.